The molecule has 0 heterocycles. The third kappa shape index (κ3) is 2.10. The highest BCUT2D eigenvalue weighted by atomic mass is 16.7. The largest absolute Gasteiger partial charge is 0.365 e. The summed E-state index contributed by atoms with van der Waals surface area (Å²) in [4.78, 5) is 17.3. The molecule has 2 bridgehead atoms. The van der Waals surface area contributed by atoms with E-state index in [1.807, 2.05) is 25.1 Å². The number of nitrogens with zero attached hydrogens (tertiary/aromatic N) is 1. The Labute approximate surface area is 126 Å². The highest BCUT2D eigenvalue weighted by Gasteiger charge is 2.60. The third-order valence-electron chi connectivity index (χ3n) is 6.00. The molecule has 112 valence electrons. The molecule has 1 aromatic carbocycles. The maximum absolute atomic E-state index is 12.1. The van der Waals surface area contributed by atoms with E-state index >= 15 is 0 Å². The van der Waals surface area contributed by atoms with Crippen LogP contribution in [0.25, 0.3) is 0 Å². The molecule has 2 saturated carbocycles. The standard InChI is InChI=1S/C18H23NO2/c1-12-6-5-7-13(10-12)16(20)21-19-15-11-14-8-9-18(15,4)17(14,2)3/h5-7,10,14H,8-9,11H2,1-4H3/b19-15+/t14-,18-/m0/s1. The van der Waals surface area contributed by atoms with Crippen LogP contribution in [-0.4, -0.2) is 11.7 Å². The molecular formula is C18H23NO2. The summed E-state index contributed by atoms with van der Waals surface area (Å²) in [7, 11) is 0. The number of oxime groups is 1. The van der Waals surface area contributed by atoms with Crippen LogP contribution in [0.2, 0.25) is 0 Å². The van der Waals surface area contributed by atoms with Gasteiger partial charge in [-0.15, -0.1) is 0 Å². The zero-order valence-electron chi connectivity index (χ0n) is 13.3. The Balaban J connectivity index is 1.77. The predicted molar refractivity (Wildman–Crippen MR) is 83.3 cm³/mol. The number of benzene rings is 1. The molecule has 0 radical (unpaired) electrons. The first-order chi connectivity index (χ1) is 9.84. The predicted octanol–water partition coefficient (Wildman–Crippen LogP) is 4.35. The summed E-state index contributed by atoms with van der Waals surface area (Å²) >= 11 is 0. The second-order valence-electron chi connectivity index (χ2n) is 7.28. The lowest BCUT2D eigenvalue weighted by molar-refractivity contribution is 0.0508. The molecule has 3 rings (SSSR count). The van der Waals surface area contributed by atoms with E-state index in [2.05, 4.69) is 25.9 Å². The molecule has 2 aliphatic carbocycles. The van der Waals surface area contributed by atoms with Crippen molar-refractivity contribution >= 4 is 11.7 Å². The molecule has 0 spiro atoms. The van der Waals surface area contributed by atoms with Crippen molar-refractivity contribution in [1.29, 1.82) is 0 Å². The second-order valence-corrected chi connectivity index (χ2v) is 7.28. The van der Waals surface area contributed by atoms with E-state index in [1.165, 1.54) is 6.42 Å². The van der Waals surface area contributed by atoms with Crippen molar-refractivity contribution in [3.05, 3.63) is 35.4 Å². The van der Waals surface area contributed by atoms with Crippen LogP contribution in [0.4, 0.5) is 0 Å². The van der Waals surface area contributed by atoms with Gasteiger partial charge in [-0.3, -0.25) is 0 Å². The van der Waals surface area contributed by atoms with E-state index in [-0.39, 0.29) is 16.8 Å². The molecule has 21 heavy (non-hydrogen) atoms. The Bertz CT molecular complexity index is 617. The molecule has 1 aromatic rings. The van der Waals surface area contributed by atoms with Gasteiger partial charge in [-0.05, 0) is 49.7 Å². The van der Waals surface area contributed by atoms with Gasteiger partial charge in [0.25, 0.3) is 0 Å². The lowest BCUT2D eigenvalue weighted by Gasteiger charge is -2.34. The number of hydrogen-bond acceptors (Lipinski definition) is 3. The average molecular weight is 285 g/mol. The molecule has 0 aromatic heterocycles. The maximum Gasteiger partial charge on any atom is 0.365 e. The topological polar surface area (TPSA) is 38.7 Å². The first-order valence-corrected chi connectivity index (χ1v) is 7.70. The Morgan fingerprint density at radius 3 is 2.67 bits per heavy atom. The van der Waals surface area contributed by atoms with Crippen LogP contribution in [0.3, 0.4) is 0 Å². The Hall–Kier alpha value is -1.64. The second kappa shape index (κ2) is 4.69. The molecule has 3 heteroatoms. The van der Waals surface area contributed by atoms with Gasteiger partial charge >= 0.3 is 5.97 Å². The molecular weight excluding hydrogens is 262 g/mol. The van der Waals surface area contributed by atoms with Gasteiger partial charge in [0.05, 0.1) is 11.3 Å². The molecule has 2 atom stereocenters. The van der Waals surface area contributed by atoms with E-state index in [4.69, 9.17) is 4.84 Å². The van der Waals surface area contributed by atoms with Crippen molar-refractivity contribution in [1.82, 2.24) is 0 Å². The van der Waals surface area contributed by atoms with E-state index in [0.717, 1.165) is 24.1 Å². The lowest BCUT2D eigenvalue weighted by atomic mass is 9.70. The molecule has 0 amide bonds. The smallest absolute Gasteiger partial charge is 0.313 e. The van der Waals surface area contributed by atoms with Crippen molar-refractivity contribution in [3.8, 4) is 0 Å². The number of rotatable bonds is 2. The summed E-state index contributed by atoms with van der Waals surface area (Å²) < 4.78 is 0. The fraction of sp³-hybridized carbons (Fsp3) is 0.556. The minimum absolute atomic E-state index is 0.0740. The van der Waals surface area contributed by atoms with Gasteiger partial charge < -0.3 is 4.84 Å². The van der Waals surface area contributed by atoms with Crippen LogP contribution in [0.1, 0.15) is 56.0 Å². The summed E-state index contributed by atoms with van der Waals surface area (Å²) in [5.74, 6) is 0.300. The number of aryl methyl sites for hydroxylation is 1. The molecule has 0 N–H and O–H groups in total. The minimum atomic E-state index is -0.365. The van der Waals surface area contributed by atoms with E-state index in [1.54, 1.807) is 6.07 Å². The van der Waals surface area contributed by atoms with Crippen molar-refractivity contribution < 1.29 is 9.63 Å². The van der Waals surface area contributed by atoms with E-state index < -0.39 is 0 Å². The molecule has 2 fully saturated rings. The SMILES string of the molecule is Cc1cccc(C(=O)O/N=C2\C[C@@H]3CC[C@]2(C)C3(C)C)c1. The number of carbonyl (C=O) groups excluding carboxylic acids is 1. The Morgan fingerprint density at radius 2 is 2.10 bits per heavy atom. The van der Waals surface area contributed by atoms with Crippen molar-refractivity contribution in [2.45, 2.75) is 47.0 Å². The molecule has 0 saturated heterocycles. The highest BCUT2D eigenvalue weighted by Crippen LogP contribution is 2.63. The monoisotopic (exact) mass is 285 g/mol. The third-order valence-corrected chi connectivity index (χ3v) is 6.00. The number of carbonyl (C=O) groups is 1. The van der Waals surface area contributed by atoms with Gasteiger partial charge in [-0.25, -0.2) is 4.79 Å². The Morgan fingerprint density at radius 1 is 1.33 bits per heavy atom. The molecule has 0 unspecified atom stereocenters. The number of hydrogen-bond donors (Lipinski definition) is 0. The van der Waals surface area contributed by atoms with Crippen LogP contribution < -0.4 is 0 Å². The number of fused-ring (bicyclic) bond motifs is 2. The van der Waals surface area contributed by atoms with Crippen molar-refractivity contribution in [2.75, 3.05) is 0 Å². The van der Waals surface area contributed by atoms with Crippen LogP contribution in [0.5, 0.6) is 0 Å². The molecule has 0 aliphatic heterocycles. The summed E-state index contributed by atoms with van der Waals surface area (Å²) in [5, 5.41) is 4.25. The normalized spacial score (nSPS) is 31.6. The van der Waals surface area contributed by atoms with Gasteiger partial charge in [0, 0.05) is 5.41 Å². The minimum Gasteiger partial charge on any atom is -0.313 e. The maximum atomic E-state index is 12.1. The average Bonchev–Trinajstić information content (AvgIpc) is 2.77. The summed E-state index contributed by atoms with van der Waals surface area (Å²) in [5.41, 5.74) is 2.99. The first-order valence-electron chi connectivity index (χ1n) is 7.70. The summed E-state index contributed by atoms with van der Waals surface area (Å²) in [6.07, 6.45) is 3.37. The lowest BCUT2D eigenvalue weighted by Crippen LogP contribution is -2.32. The van der Waals surface area contributed by atoms with Crippen molar-refractivity contribution in [3.63, 3.8) is 0 Å². The first kappa shape index (κ1) is 14.3. The van der Waals surface area contributed by atoms with E-state index in [9.17, 15) is 4.79 Å². The summed E-state index contributed by atoms with van der Waals surface area (Å²) in [6, 6.07) is 7.42. The zero-order chi connectivity index (χ0) is 15.3. The van der Waals surface area contributed by atoms with Gasteiger partial charge in [0.15, 0.2) is 0 Å². The van der Waals surface area contributed by atoms with Crippen molar-refractivity contribution in [2.24, 2.45) is 21.9 Å². The van der Waals surface area contributed by atoms with Gasteiger partial charge in [-0.2, -0.15) is 0 Å². The molecule has 3 nitrogen and oxygen atoms in total. The summed E-state index contributed by atoms with van der Waals surface area (Å²) in [6.45, 7) is 8.85. The zero-order valence-corrected chi connectivity index (χ0v) is 13.3. The van der Waals surface area contributed by atoms with E-state index in [0.29, 0.717) is 11.5 Å². The van der Waals surface area contributed by atoms with Gasteiger partial charge in [-0.1, -0.05) is 43.6 Å². The van der Waals surface area contributed by atoms with Crippen LogP contribution in [0.15, 0.2) is 29.4 Å². The highest BCUT2D eigenvalue weighted by molar-refractivity contribution is 5.95. The fourth-order valence-corrected chi connectivity index (χ4v) is 3.99. The Kier molecular flexibility index (Phi) is 3.19. The van der Waals surface area contributed by atoms with Gasteiger partial charge in [0.1, 0.15) is 0 Å². The van der Waals surface area contributed by atoms with Gasteiger partial charge in [0.2, 0.25) is 0 Å². The quantitative estimate of drug-likeness (QED) is 0.598. The fourth-order valence-electron chi connectivity index (χ4n) is 3.99. The van der Waals surface area contributed by atoms with Crippen LogP contribution >= 0.6 is 0 Å². The van der Waals surface area contributed by atoms with Crippen LogP contribution in [0, 0.1) is 23.7 Å². The molecule has 2 aliphatic rings. The van der Waals surface area contributed by atoms with Crippen LogP contribution in [-0.2, 0) is 4.84 Å².